The number of carbonyl (C=O) groups is 2. The van der Waals surface area contributed by atoms with E-state index in [0.29, 0.717) is 12.2 Å². The van der Waals surface area contributed by atoms with Crippen LogP contribution in [0.5, 0.6) is 0 Å². The molecular formula is C21H26N4O2. The number of likely N-dealkylation sites (tertiary alicyclic amines) is 1. The molecule has 2 fully saturated rings. The molecule has 1 atom stereocenters. The van der Waals surface area contributed by atoms with E-state index in [2.05, 4.69) is 16.8 Å². The van der Waals surface area contributed by atoms with Crippen LogP contribution in [0.25, 0.3) is 10.9 Å². The summed E-state index contributed by atoms with van der Waals surface area (Å²) in [4.78, 5) is 36.6. The van der Waals surface area contributed by atoms with Crippen LogP contribution < -0.4 is 0 Å². The first-order valence-corrected chi connectivity index (χ1v) is 9.85. The Hall–Kier alpha value is -2.47. The zero-order valence-electron chi connectivity index (χ0n) is 15.8. The Morgan fingerprint density at radius 2 is 1.81 bits per heavy atom. The molecule has 27 heavy (non-hydrogen) atoms. The van der Waals surface area contributed by atoms with Crippen LogP contribution in [-0.4, -0.2) is 76.8 Å². The molecular weight excluding hydrogens is 340 g/mol. The molecule has 0 spiro atoms. The highest BCUT2D eigenvalue weighted by Crippen LogP contribution is 2.23. The Morgan fingerprint density at radius 1 is 1.04 bits per heavy atom. The minimum Gasteiger partial charge on any atom is -0.338 e. The molecule has 2 aromatic rings. The van der Waals surface area contributed by atoms with Crippen molar-refractivity contribution in [3.8, 4) is 0 Å². The zero-order chi connectivity index (χ0) is 18.8. The zero-order valence-corrected chi connectivity index (χ0v) is 15.8. The smallest absolute Gasteiger partial charge is 0.273 e. The Bertz CT molecular complexity index is 845. The van der Waals surface area contributed by atoms with E-state index < -0.39 is 0 Å². The maximum atomic E-state index is 13.1. The standard InChI is InChI=1S/C21H26N4O2/c1-2-23-12-14-24(15-13-23)21(27)19-8-5-11-25(19)20(26)18-10-9-16-6-3-4-7-17(16)22-18/h3-4,6-7,9-10,19H,2,5,8,11-15H2,1H3/t19-/m0/s1. The van der Waals surface area contributed by atoms with Crippen molar-refractivity contribution in [2.75, 3.05) is 39.3 Å². The van der Waals surface area contributed by atoms with Crippen molar-refractivity contribution in [3.63, 3.8) is 0 Å². The van der Waals surface area contributed by atoms with E-state index in [1.165, 1.54) is 0 Å². The van der Waals surface area contributed by atoms with Crippen molar-refractivity contribution >= 4 is 22.7 Å². The van der Waals surface area contributed by atoms with E-state index in [-0.39, 0.29) is 17.9 Å². The van der Waals surface area contributed by atoms with Gasteiger partial charge in [0.2, 0.25) is 5.91 Å². The second kappa shape index (κ2) is 7.64. The number of hydrogen-bond donors (Lipinski definition) is 0. The summed E-state index contributed by atoms with van der Waals surface area (Å²) in [6.07, 6.45) is 1.61. The van der Waals surface area contributed by atoms with E-state index in [4.69, 9.17) is 0 Å². The predicted molar refractivity (Wildman–Crippen MR) is 104 cm³/mol. The van der Waals surface area contributed by atoms with Crippen molar-refractivity contribution in [1.29, 1.82) is 0 Å². The summed E-state index contributed by atoms with van der Waals surface area (Å²) in [6, 6.07) is 11.1. The number of carbonyl (C=O) groups excluding carboxylic acids is 2. The monoisotopic (exact) mass is 366 g/mol. The molecule has 2 amide bonds. The molecule has 0 aliphatic carbocycles. The summed E-state index contributed by atoms with van der Waals surface area (Å²) in [5, 5.41) is 1.01. The largest absolute Gasteiger partial charge is 0.338 e. The number of piperazine rings is 1. The van der Waals surface area contributed by atoms with Gasteiger partial charge < -0.3 is 14.7 Å². The summed E-state index contributed by atoms with van der Waals surface area (Å²) in [7, 11) is 0. The van der Waals surface area contributed by atoms with E-state index in [1.807, 2.05) is 35.2 Å². The first-order valence-electron chi connectivity index (χ1n) is 9.85. The molecule has 3 heterocycles. The lowest BCUT2D eigenvalue weighted by Gasteiger charge is -2.36. The number of hydrogen-bond acceptors (Lipinski definition) is 4. The average Bonchev–Trinajstić information content (AvgIpc) is 3.22. The van der Waals surface area contributed by atoms with E-state index in [9.17, 15) is 9.59 Å². The van der Waals surface area contributed by atoms with Gasteiger partial charge in [0.25, 0.3) is 5.91 Å². The lowest BCUT2D eigenvalue weighted by Crippen LogP contribution is -2.54. The predicted octanol–water partition coefficient (Wildman–Crippen LogP) is 2.00. The molecule has 0 radical (unpaired) electrons. The molecule has 2 saturated heterocycles. The van der Waals surface area contributed by atoms with Crippen molar-refractivity contribution in [2.45, 2.75) is 25.8 Å². The van der Waals surface area contributed by atoms with Gasteiger partial charge in [-0.05, 0) is 31.5 Å². The fraction of sp³-hybridized carbons (Fsp3) is 0.476. The molecule has 6 nitrogen and oxygen atoms in total. The molecule has 6 heteroatoms. The molecule has 1 aromatic carbocycles. The number of amides is 2. The Balaban J connectivity index is 1.50. The molecule has 2 aliphatic rings. The minimum absolute atomic E-state index is 0.0948. The summed E-state index contributed by atoms with van der Waals surface area (Å²) in [5.41, 5.74) is 1.23. The summed E-state index contributed by atoms with van der Waals surface area (Å²) in [6.45, 7) is 7.11. The van der Waals surface area contributed by atoms with Crippen LogP contribution in [0.1, 0.15) is 30.3 Å². The fourth-order valence-corrected chi connectivity index (χ4v) is 4.09. The Labute approximate surface area is 159 Å². The number of likely N-dealkylation sites (N-methyl/N-ethyl adjacent to an activating group) is 1. The molecule has 4 rings (SSSR count). The lowest BCUT2D eigenvalue weighted by molar-refractivity contribution is -0.137. The SMILES string of the molecule is CCN1CCN(C(=O)[C@@H]2CCCN2C(=O)c2ccc3ccccc3n2)CC1. The topological polar surface area (TPSA) is 56.8 Å². The van der Waals surface area contributed by atoms with Gasteiger partial charge in [-0.25, -0.2) is 4.98 Å². The maximum absolute atomic E-state index is 13.1. The molecule has 0 bridgehead atoms. The molecule has 0 unspecified atom stereocenters. The van der Waals surface area contributed by atoms with E-state index >= 15 is 0 Å². The maximum Gasteiger partial charge on any atom is 0.273 e. The van der Waals surface area contributed by atoms with Gasteiger partial charge in [0, 0.05) is 38.1 Å². The summed E-state index contributed by atoms with van der Waals surface area (Å²) < 4.78 is 0. The molecule has 2 aliphatic heterocycles. The van der Waals surface area contributed by atoms with Crippen molar-refractivity contribution in [1.82, 2.24) is 19.7 Å². The van der Waals surface area contributed by atoms with E-state index in [1.54, 1.807) is 11.0 Å². The minimum atomic E-state index is -0.348. The number of fused-ring (bicyclic) bond motifs is 1. The van der Waals surface area contributed by atoms with Gasteiger partial charge in [-0.3, -0.25) is 9.59 Å². The Morgan fingerprint density at radius 3 is 2.59 bits per heavy atom. The van der Waals surface area contributed by atoms with Gasteiger partial charge in [0.15, 0.2) is 0 Å². The number of aromatic nitrogens is 1. The van der Waals surface area contributed by atoms with Gasteiger partial charge in [0.05, 0.1) is 5.52 Å². The van der Waals surface area contributed by atoms with Gasteiger partial charge in [-0.1, -0.05) is 31.2 Å². The second-order valence-corrected chi connectivity index (χ2v) is 7.31. The van der Waals surface area contributed by atoms with Gasteiger partial charge >= 0.3 is 0 Å². The van der Waals surface area contributed by atoms with Crippen LogP contribution >= 0.6 is 0 Å². The first-order chi connectivity index (χ1) is 13.2. The number of nitrogens with zero attached hydrogens (tertiary/aromatic N) is 4. The van der Waals surface area contributed by atoms with Crippen LogP contribution in [-0.2, 0) is 4.79 Å². The molecule has 0 N–H and O–H groups in total. The quantitative estimate of drug-likeness (QED) is 0.834. The van der Waals surface area contributed by atoms with Crippen LogP contribution in [0.15, 0.2) is 36.4 Å². The van der Waals surface area contributed by atoms with E-state index in [0.717, 1.165) is 56.5 Å². The highest BCUT2D eigenvalue weighted by molar-refractivity contribution is 5.98. The van der Waals surface area contributed by atoms with Crippen LogP contribution in [0.4, 0.5) is 0 Å². The second-order valence-electron chi connectivity index (χ2n) is 7.31. The number of rotatable bonds is 3. The number of benzene rings is 1. The lowest BCUT2D eigenvalue weighted by atomic mass is 10.1. The highest BCUT2D eigenvalue weighted by Gasteiger charge is 2.38. The summed E-state index contributed by atoms with van der Waals surface area (Å²) in [5.74, 6) is -0.0406. The molecule has 0 saturated carbocycles. The van der Waals surface area contributed by atoms with Crippen molar-refractivity contribution < 1.29 is 9.59 Å². The third-order valence-electron chi connectivity index (χ3n) is 5.75. The van der Waals surface area contributed by atoms with Gasteiger partial charge in [0.1, 0.15) is 11.7 Å². The van der Waals surface area contributed by atoms with Gasteiger partial charge in [-0.15, -0.1) is 0 Å². The molecule has 142 valence electrons. The van der Waals surface area contributed by atoms with Crippen molar-refractivity contribution in [2.24, 2.45) is 0 Å². The van der Waals surface area contributed by atoms with Gasteiger partial charge in [-0.2, -0.15) is 0 Å². The first kappa shape index (κ1) is 17.9. The van der Waals surface area contributed by atoms with Crippen LogP contribution in [0, 0.1) is 0 Å². The Kier molecular flexibility index (Phi) is 5.07. The number of para-hydroxylation sites is 1. The third kappa shape index (κ3) is 3.54. The highest BCUT2D eigenvalue weighted by atomic mass is 16.2. The third-order valence-corrected chi connectivity index (χ3v) is 5.75. The van der Waals surface area contributed by atoms with Crippen molar-refractivity contribution in [3.05, 3.63) is 42.1 Å². The fourth-order valence-electron chi connectivity index (χ4n) is 4.09. The molecule has 1 aromatic heterocycles. The van der Waals surface area contributed by atoms with Crippen LogP contribution in [0.2, 0.25) is 0 Å². The van der Waals surface area contributed by atoms with Crippen LogP contribution in [0.3, 0.4) is 0 Å². The number of pyridine rings is 1. The summed E-state index contributed by atoms with van der Waals surface area (Å²) >= 11 is 0. The average molecular weight is 366 g/mol. The normalized spacial score (nSPS) is 21.0.